The van der Waals surface area contributed by atoms with Gasteiger partial charge in [0, 0.05) is 27.4 Å². The summed E-state index contributed by atoms with van der Waals surface area (Å²) in [5.74, 6) is -1.42. The Hall–Kier alpha value is -1.77. The normalized spacial score (nSPS) is 26.1. The summed E-state index contributed by atoms with van der Waals surface area (Å²) in [4.78, 5) is 24.5. The van der Waals surface area contributed by atoms with E-state index in [1.54, 1.807) is 0 Å². The number of carbonyl (C=O) groups excluding carboxylic acids is 1. The van der Waals surface area contributed by atoms with Crippen molar-refractivity contribution in [2.75, 3.05) is 27.7 Å². The van der Waals surface area contributed by atoms with Crippen LogP contribution >= 0.6 is 0 Å². The van der Waals surface area contributed by atoms with E-state index in [0.717, 1.165) is 13.3 Å². The molecule has 0 aromatic heterocycles. The molecule has 0 aromatic carbocycles. The maximum atomic E-state index is 13.0. The third-order valence-corrected chi connectivity index (χ3v) is 2.69. The Morgan fingerprint density at radius 2 is 2.05 bits per heavy atom. The lowest BCUT2D eigenvalue weighted by Crippen LogP contribution is -2.54. The van der Waals surface area contributed by atoms with Gasteiger partial charge in [-0.05, 0) is 0 Å². The summed E-state index contributed by atoms with van der Waals surface area (Å²) in [6.07, 6.45) is -5.64. The fraction of sp³-hybridized carbons (Fsp3) is 0.600. The van der Waals surface area contributed by atoms with Crippen LogP contribution in [-0.2, 0) is 9.53 Å². The highest BCUT2D eigenvalue weighted by Gasteiger charge is 2.67. The molecule has 0 bridgehead atoms. The number of ketones is 1. The highest BCUT2D eigenvalue weighted by atomic mass is 19.4. The Bertz CT molecular complexity index is 433. The first kappa shape index (κ1) is 15.3. The Balaban J connectivity index is 3.37. The second-order valence-corrected chi connectivity index (χ2v) is 4.20. The summed E-state index contributed by atoms with van der Waals surface area (Å²) < 4.78 is 43.4. The first-order chi connectivity index (χ1) is 8.56. The van der Waals surface area contributed by atoms with E-state index in [-0.39, 0.29) is 0 Å². The number of Topliss-reactive ketones (excluding diaryl/α,β-unsaturated/α-hetero) is 1. The third-order valence-electron chi connectivity index (χ3n) is 2.69. The lowest BCUT2D eigenvalue weighted by molar-refractivity contribution is -0.252. The highest BCUT2D eigenvalue weighted by molar-refractivity contribution is 6.07. The molecule has 1 unspecified atom stereocenters. The molecule has 1 fully saturated rings. The van der Waals surface area contributed by atoms with Gasteiger partial charge >= 0.3 is 12.3 Å². The molecule has 1 N–H and O–H groups in total. The lowest BCUT2D eigenvalue weighted by Gasteiger charge is -2.27. The number of amides is 1. The second kappa shape index (κ2) is 4.72. The molecule has 1 atom stereocenters. The number of rotatable bonds is 2. The minimum atomic E-state index is -5.01. The molecule has 1 aliphatic heterocycles. The molecule has 0 aromatic rings. The zero-order valence-electron chi connectivity index (χ0n) is 10.5. The molecule has 0 radical (unpaired) electrons. The molecule has 0 saturated carbocycles. The zero-order valence-corrected chi connectivity index (χ0v) is 10.5. The number of nitrogens with zero attached hydrogens (tertiary/aromatic N) is 2. The molecule has 1 aliphatic rings. The highest BCUT2D eigenvalue weighted by Crippen LogP contribution is 2.42. The van der Waals surface area contributed by atoms with E-state index < -0.39 is 35.9 Å². The van der Waals surface area contributed by atoms with Gasteiger partial charge in [0.05, 0.1) is 6.54 Å². The van der Waals surface area contributed by atoms with Crippen LogP contribution in [0.5, 0.6) is 0 Å². The topological polar surface area (TPSA) is 70.1 Å². The van der Waals surface area contributed by atoms with Crippen molar-refractivity contribution in [1.29, 1.82) is 0 Å². The minimum Gasteiger partial charge on any atom is -0.465 e. The summed E-state index contributed by atoms with van der Waals surface area (Å²) in [6.45, 7) is -1.11. The molecule has 0 aliphatic carbocycles. The van der Waals surface area contributed by atoms with Crippen molar-refractivity contribution in [3.8, 4) is 0 Å². The predicted octanol–water partition coefficient (Wildman–Crippen LogP) is 0.900. The van der Waals surface area contributed by atoms with Crippen molar-refractivity contribution < 1.29 is 32.6 Å². The Morgan fingerprint density at radius 1 is 1.53 bits per heavy atom. The molecule has 1 saturated heterocycles. The van der Waals surface area contributed by atoms with Crippen molar-refractivity contribution in [1.82, 2.24) is 9.80 Å². The van der Waals surface area contributed by atoms with Crippen LogP contribution in [0.25, 0.3) is 0 Å². The van der Waals surface area contributed by atoms with Gasteiger partial charge in [-0.25, -0.2) is 4.79 Å². The van der Waals surface area contributed by atoms with Crippen LogP contribution in [0, 0.1) is 0 Å². The van der Waals surface area contributed by atoms with Gasteiger partial charge in [0.1, 0.15) is 5.70 Å². The first-order valence-corrected chi connectivity index (χ1v) is 5.12. The Kier molecular flexibility index (Phi) is 3.80. The van der Waals surface area contributed by atoms with Crippen molar-refractivity contribution in [3.05, 3.63) is 11.9 Å². The van der Waals surface area contributed by atoms with E-state index in [1.165, 1.54) is 19.0 Å². The van der Waals surface area contributed by atoms with E-state index in [9.17, 15) is 22.8 Å². The summed E-state index contributed by atoms with van der Waals surface area (Å²) in [5.41, 5.74) is -3.72. The van der Waals surface area contributed by atoms with Gasteiger partial charge in [0.15, 0.2) is 0 Å². The summed E-state index contributed by atoms with van der Waals surface area (Å²) in [6, 6.07) is 0. The fourth-order valence-corrected chi connectivity index (χ4v) is 1.74. The molecule has 108 valence electrons. The maximum Gasteiger partial charge on any atom is 0.426 e. The van der Waals surface area contributed by atoms with Crippen LogP contribution < -0.4 is 0 Å². The molecule has 19 heavy (non-hydrogen) atoms. The third kappa shape index (κ3) is 2.37. The van der Waals surface area contributed by atoms with Gasteiger partial charge < -0.3 is 14.7 Å². The number of halogens is 3. The standard InChI is InChI=1S/C10H13F3N2O4/c1-14(2)4-6-7(16)9(19-3,10(11,12)13)5-15(6)8(17)18/h4H,5H2,1-3H3,(H,17,18)/b6-4+. The zero-order chi connectivity index (χ0) is 15.0. The van der Waals surface area contributed by atoms with Crippen LogP contribution in [0.15, 0.2) is 11.9 Å². The monoisotopic (exact) mass is 282 g/mol. The van der Waals surface area contributed by atoms with Gasteiger partial charge in [-0.1, -0.05) is 0 Å². The van der Waals surface area contributed by atoms with E-state index in [2.05, 4.69) is 4.74 Å². The molecule has 6 nitrogen and oxygen atoms in total. The van der Waals surface area contributed by atoms with Crippen LogP contribution in [0.1, 0.15) is 0 Å². The van der Waals surface area contributed by atoms with Crippen molar-refractivity contribution in [2.24, 2.45) is 0 Å². The Morgan fingerprint density at radius 3 is 2.37 bits per heavy atom. The minimum absolute atomic E-state index is 0.333. The van der Waals surface area contributed by atoms with E-state index in [0.29, 0.717) is 4.90 Å². The maximum absolute atomic E-state index is 13.0. The van der Waals surface area contributed by atoms with Crippen molar-refractivity contribution >= 4 is 11.9 Å². The van der Waals surface area contributed by atoms with E-state index in [4.69, 9.17) is 5.11 Å². The second-order valence-electron chi connectivity index (χ2n) is 4.20. The Labute approximate surface area is 107 Å². The molecular formula is C10H13F3N2O4. The number of likely N-dealkylation sites (tertiary alicyclic amines) is 1. The number of methoxy groups -OCH3 is 1. The quantitative estimate of drug-likeness (QED) is 0.762. The number of ether oxygens (including phenoxy) is 1. The molecule has 1 rings (SSSR count). The summed E-state index contributed by atoms with van der Waals surface area (Å²) in [7, 11) is 3.64. The number of alkyl halides is 3. The van der Waals surface area contributed by atoms with Crippen LogP contribution in [0.4, 0.5) is 18.0 Å². The van der Waals surface area contributed by atoms with Crippen LogP contribution in [-0.4, -0.2) is 66.3 Å². The van der Waals surface area contributed by atoms with Crippen LogP contribution in [0.3, 0.4) is 0 Å². The largest absolute Gasteiger partial charge is 0.465 e. The molecule has 0 spiro atoms. The summed E-state index contributed by atoms with van der Waals surface area (Å²) in [5, 5.41) is 8.90. The average molecular weight is 282 g/mol. The summed E-state index contributed by atoms with van der Waals surface area (Å²) >= 11 is 0. The van der Waals surface area contributed by atoms with E-state index >= 15 is 0 Å². The fourth-order valence-electron chi connectivity index (χ4n) is 1.74. The average Bonchev–Trinajstić information content (AvgIpc) is 2.52. The SMILES string of the molecule is COC1(C(F)(F)F)CN(C(=O)O)/C(=C/N(C)C)C1=O. The van der Waals surface area contributed by atoms with Crippen LogP contribution in [0.2, 0.25) is 0 Å². The van der Waals surface area contributed by atoms with Gasteiger partial charge in [-0.3, -0.25) is 9.69 Å². The van der Waals surface area contributed by atoms with Gasteiger partial charge in [0.25, 0.3) is 0 Å². The molecule has 1 amide bonds. The molecule has 9 heteroatoms. The lowest BCUT2D eigenvalue weighted by atomic mass is 10.00. The number of carboxylic acid groups (broad SMARTS) is 1. The number of carbonyl (C=O) groups is 2. The number of hydrogen-bond acceptors (Lipinski definition) is 4. The van der Waals surface area contributed by atoms with Crippen molar-refractivity contribution in [2.45, 2.75) is 11.8 Å². The van der Waals surface area contributed by atoms with E-state index in [1.807, 2.05) is 0 Å². The first-order valence-electron chi connectivity index (χ1n) is 5.12. The predicted molar refractivity (Wildman–Crippen MR) is 57.3 cm³/mol. The molecular weight excluding hydrogens is 269 g/mol. The van der Waals surface area contributed by atoms with Gasteiger partial charge in [0.2, 0.25) is 11.4 Å². The molecule has 1 heterocycles. The van der Waals surface area contributed by atoms with Crippen molar-refractivity contribution in [3.63, 3.8) is 0 Å². The van der Waals surface area contributed by atoms with Gasteiger partial charge in [-0.15, -0.1) is 0 Å². The van der Waals surface area contributed by atoms with Gasteiger partial charge in [-0.2, -0.15) is 13.2 Å². The number of hydrogen-bond donors (Lipinski definition) is 1. The smallest absolute Gasteiger partial charge is 0.426 e.